The summed E-state index contributed by atoms with van der Waals surface area (Å²) in [5.41, 5.74) is 0.865. The van der Waals surface area contributed by atoms with Gasteiger partial charge in [0.1, 0.15) is 11.5 Å². The molecular weight excluding hydrogens is 219 g/mol. The van der Waals surface area contributed by atoms with Crippen molar-refractivity contribution in [2.75, 3.05) is 0 Å². The zero-order valence-corrected chi connectivity index (χ0v) is 9.06. The van der Waals surface area contributed by atoms with Crippen LogP contribution in [0, 0.1) is 6.92 Å². The maximum absolute atomic E-state index is 6.02. The lowest BCUT2D eigenvalue weighted by Gasteiger charge is -1.98. The fourth-order valence-corrected chi connectivity index (χ4v) is 1.62. The molecule has 3 heteroatoms. The number of hydrogen-bond acceptors (Lipinski definition) is 1. The molecule has 1 aromatic carbocycles. The third-order valence-corrected chi connectivity index (χ3v) is 2.70. The van der Waals surface area contributed by atoms with Crippen molar-refractivity contribution in [2.45, 2.75) is 6.92 Å². The second kappa shape index (κ2) is 3.68. The maximum atomic E-state index is 6.02. The zero-order valence-electron chi connectivity index (χ0n) is 7.55. The van der Waals surface area contributed by atoms with Crippen LogP contribution in [0.5, 0.6) is 0 Å². The van der Waals surface area contributed by atoms with Gasteiger partial charge in [0.15, 0.2) is 0 Å². The molecule has 0 fully saturated rings. The van der Waals surface area contributed by atoms with Crippen LogP contribution in [-0.2, 0) is 0 Å². The van der Waals surface area contributed by atoms with E-state index in [1.165, 1.54) is 0 Å². The van der Waals surface area contributed by atoms with Crippen LogP contribution >= 0.6 is 23.2 Å². The smallest absolute Gasteiger partial charge is 0.137 e. The summed E-state index contributed by atoms with van der Waals surface area (Å²) in [5, 5.41) is 1.29. The van der Waals surface area contributed by atoms with Gasteiger partial charge in [-0.2, -0.15) is 0 Å². The number of benzene rings is 1. The van der Waals surface area contributed by atoms with Gasteiger partial charge in [0.2, 0.25) is 0 Å². The van der Waals surface area contributed by atoms with E-state index in [1.807, 2.05) is 31.2 Å². The molecule has 1 aromatic heterocycles. The molecule has 0 N–H and O–H groups in total. The van der Waals surface area contributed by atoms with Gasteiger partial charge in [-0.1, -0.05) is 35.3 Å². The number of rotatable bonds is 1. The van der Waals surface area contributed by atoms with Gasteiger partial charge in [-0.05, 0) is 19.1 Å². The normalized spacial score (nSPS) is 10.5. The highest BCUT2D eigenvalue weighted by Crippen LogP contribution is 2.32. The summed E-state index contributed by atoms with van der Waals surface area (Å²) in [6.07, 6.45) is 0. The average Bonchev–Trinajstić information content (AvgIpc) is 2.48. The van der Waals surface area contributed by atoms with Crippen LogP contribution in [0.1, 0.15) is 5.76 Å². The van der Waals surface area contributed by atoms with E-state index in [9.17, 15) is 0 Å². The van der Waals surface area contributed by atoms with Gasteiger partial charge < -0.3 is 4.42 Å². The number of aryl methyl sites for hydroxylation is 1. The van der Waals surface area contributed by atoms with Gasteiger partial charge in [-0.15, -0.1) is 0 Å². The molecule has 0 spiro atoms. The topological polar surface area (TPSA) is 13.1 Å². The molecule has 14 heavy (non-hydrogen) atoms. The van der Waals surface area contributed by atoms with Crippen molar-refractivity contribution < 1.29 is 4.42 Å². The van der Waals surface area contributed by atoms with E-state index in [0.717, 1.165) is 5.56 Å². The number of hydrogen-bond donors (Lipinski definition) is 0. The molecule has 72 valence electrons. The van der Waals surface area contributed by atoms with E-state index in [4.69, 9.17) is 27.6 Å². The van der Waals surface area contributed by atoms with Gasteiger partial charge in [0, 0.05) is 11.6 Å². The SMILES string of the molecule is Cc1oc(-c2ccccc2Cl)cc1Cl. The zero-order chi connectivity index (χ0) is 10.1. The molecule has 2 aromatic rings. The van der Waals surface area contributed by atoms with Crippen molar-refractivity contribution in [1.29, 1.82) is 0 Å². The van der Waals surface area contributed by atoms with Crippen LogP contribution in [0.15, 0.2) is 34.7 Å². The quantitative estimate of drug-likeness (QED) is 0.695. The Balaban J connectivity index is 2.55. The molecule has 0 saturated heterocycles. The summed E-state index contributed by atoms with van der Waals surface area (Å²) in [5.74, 6) is 1.42. The standard InChI is InChI=1S/C11H8Cl2O/c1-7-10(13)6-11(14-7)8-4-2-3-5-9(8)12/h2-6H,1H3. The first-order valence-corrected chi connectivity index (χ1v) is 4.95. The van der Waals surface area contributed by atoms with Crippen molar-refractivity contribution in [1.82, 2.24) is 0 Å². The third-order valence-electron chi connectivity index (χ3n) is 2.00. The molecular formula is C11H8Cl2O. The first-order chi connectivity index (χ1) is 6.68. The minimum absolute atomic E-state index is 0.625. The van der Waals surface area contributed by atoms with Crippen LogP contribution < -0.4 is 0 Å². The molecule has 0 bridgehead atoms. The Morgan fingerprint density at radius 3 is 2.36 bits per heavy atom. The average molecular weight is 227 g/mol. The Hall–Kier alpha value is -0.920. The molecule has 0 aliphatic heterocycles. The van der Waals surface area contributed by atoms with Gasteiger partial charge in [-0.25, -0.2) is 0 Å². The van der Waals surface area contributed by atoms with Crippen molar-refractivity contribution in [3.05, 3.63) is 46.1 Å². The minimum atomic E-state index is 0.625. The van der Waals surface area contributed by atoms with Crippen LogP contribution in [-0.4, -0.2) is 0 Å². The van der Waals surface area contributed by atoms with Gasteiger partial charge >= 0.3 is 0 Å². The first-order valence-electron chi connectivity index (χ1n) is 4.19. The summed E-state index contributed by atoms with van der Waals surface area (Å²) in [6.45, 7) is 1.82. The van der Waals surface area contributed by atoms with E-state index in [-0.39, 0.29) is 0 Å². The number of halogens is 2. The Morgan fingerprint density at radius 2 is 1.79 bits per heavy atom. The van der Waals surface area contributed by atoms with E-state index in [2.05, 4.69) is 0 Å². The molecule has 0 atom stereocenters. The largest absolute Gasteiger partial charge is 0.460 e. The van der Waals surface area contributed by atoms with Gasteiger partial charge in [-0.3, -0.25) is 0 Å². The van der Waals surface area contributed by atoms with Crippen molar-refractivity contribution >= 4 is 23.2 Å². The highest BCUT2D eigenvalue weighted by atomic mass is 35.5. The van der Waals surface area contributed by atoms with Crippen molar-refractivity contribution in [2.24, 2.45) is 0 Å². The number of furan rings is 1. The molecule has 2 rings (SSSR count). The predicted octanol–water partition coefficient (Wildman–Crippen LogP) is 4.56. The summed E-state index contributed by atoms with van der Waals surface area (Å²) in [6, 6.07) is 9.29. The lowest BCUT2D eigenvalue weighted by molar-refractivity contribution is 0.548. The molecule has 0 amide bonds. The highest BCUT2D eigenvalue weighted by molar-refractivity contribution is 6.33. The lowest BCUT2D eigenvalue weighted by Crippen LogP contribution is -1.74. The molecule has 0 saturated carbocycles. The van der Waals surface area contributed by atoms with Crippen molar-refractivity contribution in [3.8, 4) is 11.3 Å². The second-order valence-electron chi connectivity index (χ2n) is 2.99. The van der Waals surface area contributed by atoms with Crippen LogP contribution in [0.4, 0.5) is 0 Å². The first kappa shape index (κ1) is 9.63. The fraction of sp³-hybridized carbons (Fsp3) is 0.0909. The Morgan fingerprint density at radius 1 is 1.07 bits per heavy atom. The van der Waals surface area contributed by atoms with Crippen molar-refractivity contribution in [3.63, 3.8) is 0 Å². The summed E-state index contributed by atoms with van der Waals surface area (Å²) in [7, 11) is 0. The van der Waals surface area contributed by atoms with Crippen LogP contribution in [0.3, 0.4) is 0 Å². The van der Waals surface area contributed by atoms with E-state index in [0.29, 0.717) is 21.6 Å². The summed E-state index contributed by atoms with van der Waals surface area (Å²) in [4.78, 5) is 0. The molecule has 1 nitrogen and oxygen atoms in total. The lowest BCUT2D eigenvalue weighted by atomic mass is 10.2. The summed E-state index contributed by atoms with van der Waals surface area (Å²) < 4.78 is 5.46. The summed E-state index contributed by atoms with van der Waals surface area (Å²) >= 11 is 11.9. The molecule has 0 radical (unpaired) electrons. The Bertz CT molecular complexity index is 441. The molecule has 1 heterocycles. The monoisotopic (exact) mass is 226 g/mol. The van der Waals surface area contributed by atoms with E-state index in [1.54, 1.807) is 6.07 Å². The van der Waals surface area contributed by atoms with Crippen LogP contribution in [0.2, 0.25) is 10.0 Å². The Labute approximate surface area is 92.3 Å². The Kier molecular flexibility index (Phi) is 2.53. The molecule has 0 unspecified atom stereocenters. The van der Waals surface area contributed by atoms with Gasteiger partial charge in [0.05, 0.1) is 10.0 Å². The predicted molar refractivity (Wildman–Crippen MR) is 58.9 cm³/mol. The van der Waals surface area contributed by atoms with E-state index < -0.39 is 0 Å². The minimum Gasteiger partial charge on any atom is -0.460 e. The van der Waals surface area contributed by atoms with Gasteiger partial charge in [0.25, 0.3) is 0 Å². The highest BCUT2D eigenvalue weighted by Gasteiger charge is 2.09. The second-order valence-corrected chi connectivity index (χ2v) is 3.81. The third kappa shape index (κ3) is 1.66. The van der Waals surface area contributed by atoms with E-state index >= 15 is 0 Å². The maximum Gasteiger partial charge on any atom is 0.137 e. The fourth-order valence-electron chi connectivity index (χ4n) is 1.25. The van der Waals surface area contributed by atoms with Crippen LogP contribution in [0.25, 0.3) is 11.3 Å². The molecule has 0 aliphatic rings. The molecule has 0 aliphatic carbocycles.